The third-order valence-electron chi connectivity index (χ3n) is 8.47. The summed E-state index contributed by atoms with van der Waals surface area (Å²) in [5, 5.41) is 12.7. The average molecular weight is 733 g/mol. The van der Waals surface area contributed by atoms with E-state index in [0.29, 0.717) is 5.75 Å². The molecule has 0 aromatic heterocycles. The Hall–Kier alpha value is -6.46. The molecule has 1 aliphatic rings. The summed E-state index contributed by atoms with van der Waals surface area (Å²) in [5.74, 6) is -0.667. The molecule has 0 aliphatic heterocycles. The molecule has 5 N–H and O–H groups in total. The molecule has 0 radical (unpaired) electrons. The number of urea groups is 1. The van der Waals surface area contributed by atoms with Crippen LogP contribution in [0.5, 0.6) is 5.75 Å². The van der Waals surface area contributed by atoms with Crippen molar-refractivity contribution in [3.05, 3.63) is 125 Å². The van der Waals surface area contributed by atoms with Crippen molar-refractivity contribution in [1.29, 1.82) is 0 Å². The SMILES string of the molecule is CC(C)(C)Oc1ccc(C[C@H](NC(=O)OCC2c3ccccc3-c3ccccc32)C(=O)NCNC(=O)NCC(=O)N[C@H](Cc2ccccc2)N=C=O)cc1. The van der Waals surface area contributed by atoms with E-state index in [1.165, 1.54) is 6.08 Å². The number of ether oxygens (including phenoxy) is 2. The second-order valence-corrected chi connectivity index (χ2v) is 13.7. The topological polar surface area (TPSA) is 176 Å². The number of isocyanates is 1. The number of aliphatic imine (C=N–C) groups is 1. The molecule has 13 nitrogen and oxygen atoms in total. The smallest absolute Gasteiger partial charge is 0.407 e. The number of hydrogen-bond acceptors (Lipinski definition) is 8. The molecule has 0 saturated carbocycles. The van der Waals surface area contributed by atoms with E-state index in [4.69, 9.17) is 9.47 Å². The van der Waals surface area contributed by atoms with Crippen LogP contribution in [0.15, 0.2) is 108 Å². The molecule has 1 aliphatic carbocycles. The zero-order chi connectivity index (χ0) is 38.5. The lowest BCUT2D eigenvalue weighted by molar-refractivity contribution is -0.123. The Morgan fingerprint density at radius 3 is 1.98 bits per heavy atom. The molecular weight excluding hydrogens is 688 g/mol. The second kappa shape index (κ2) is 18.3. The van der Waals surface area contributed by atoms with Crippen LogP contribution in [-0.2, 0) is 32.0 Å². The van der Waals surface area contributed by atoms with Gasteiger partial charge in [-0.3, -0.25) is 9.59 Å². The second-order valence-electron chi connectivity index (χ2n) is 13.7. The average Bonchev–Trinajstić information content (AvgIpc) is 3.47. The fraction of sp³-hybridized carbons (Fsp3) is 0.293. The summed E-state index contributed by atoms with van der Waals surface area (Å²) < 4.78 is 11.6. The fourth-order valence-electron chi connectivity index (χ4n) is 6.10. The molecule has 5 amide bonds. The maximum absolute atomic E-state index is 13.4. The summed E-state index contributed by atoms with van der Waals surface area (Å²) in [7, 11) is 0. The van der Waals surface area contributed by atoms with Gasteiger partial charge in [-0.1, -0.05) is 91.0 Å². The minimum atomic E-state index is -1.06. The van der Waals surface area contributed by atoms with Crippen LogP contribution in [0, 0.1) is 0 Å². The van der Waals surface area contributed by atoms with Crippen LogP contribution in [0.1, 0.15) is 48.9 Å². The Morgan fingerprint density at radius 2 is 1.35 bits per heavy atom. The Morgan fingerprint density at radius 1 is 0.741 bits per heavy atom. The molecule has 2 atom stereocenters. The number of rotatable bonds is 15. The molecule has 5 rings (SSSR count). The minimum Gasteiger partial charge on any atom is -0.488 e. The summed E-state index contributed by atoms with van der Waals surface area (Å²) >= 11 is 0. The van der Waals surface area contributed by atoms with Gasteiger partial charge in [0.05, 0.1) is 13.2 Å². The highest BCUT2D eigenvalue weighted by Crippen LogP contribution is 2.44. The van der Waals surface area contributed by atoms with Gasteiger partial charge in [-0.05, 0) is 66.3 Å². The van der Waals surface area contributed by atoms with Gasteiger partial charge in [0, 0.05) is 18.8 Å². The number of carbonyl (C=O) groups is 4. The first kappa shape index (κ1) is 38.8. The van der Waals surface area contributed by atoms with Gasteiger partial charge in [0.25, 0.3) is 0 Å². The van der Waals surface area contributed by atoms with Crippen molar-refractivity contribution in [2.24, 2.45) is 4.99 Å². The minimum absolute atomic E-state index is 0.0663. The van der Waals surface area contributed by atoms with Crippen LogP contribution in [0.3, 0.4) is 0 Å². The van der Waals surface area contributed by atoms with Gasteiger partial charge in [-0.25, -0.2) is 14.4 Å². The standard InChI is InChI=1S/C41H44N6O7/c1-41(2,3)54-29-19-17-28(18-20-29)21-35(46-40(52)53-24-34-32-15-9-7-13-30(32)31-14-8-10-16-33(31)34)38(50)43-25-44-39(51)42-23-37(49)47-36(45-26-48)22-27-11-5-4-6-12-27/h4-20,34-36H,21-25H2,1-3H3,(H,43,50)(H,46,52)(H,47,49)(H2,42,44,51)/t35-,36+/m0/s1. The van der Waals surface area contributed by atoms with Crippen molar-refractivity contribution < 1.29 is 33.4 Å². The van der Waals surface area contributed by atoms with Gasteiger partial charge in [0.15, 0.2) is 0 Å². The Bertz CT molecular complexity index is 1930. The van der Waals surface area contributed by atoms with Crippen LogP contribution >= 0.6 is 0 Å². The maximum Gasteiger partial charge on any atom is 0.407 e. The van der Waals surface area contributed by atoms with E-state index < -0.39 is 48.3 Å². The molecule has 0 spiro atoms. The zero-order valence-electron chi connectivity index (χ0n) is 30.4. The van der Waals surface area contributed by atoms with E-state index in [2.05, 4.69) is 31.6 Å². The molecule has 54 heavy (non-hydrogen) atoms. The van der Waals surface area contributed by atoms with Gasteiger partial charge in [-0.15, -0.1) is 0 Å². The van der Waals surface area contributed by atoms with Crippen LogP contribution in [0.2, 0.25) is 0 Å². The predicted molar refractivity (Wildman–Crippen MR) is 202 cm³/mol. The number of nitrogens with zero attached hydrogens (tertiary/aromatic N) is 1. The number of hydrogen-bond donors (Lipinski definition) is 5. The fourth-order valence-corrected chi connectivity index (χ4v) is 6.10. The van der Waals surface area contributed by atoms with Gasteiger partial charge < -0.3 is 36.1 Å². The van der Waals surface area contributed by atoms with Crippen molar-refractivity contribution >= 4 is 30.0 Å². The number of carbonyl (C=O) groups excluding carboxylic acids is 5. The summed E-state index contributed by atoms with van der Waals surface area (Å²) in [4.78, 5) is 66.0. The maximum atomic E-state index is 13.4. The number of nitrogens with one attached hydrogen (secondary N) is 5. The molecule has 280 valence electrons. The van der Waals surface area contributed by atoms with Crippen LogP contribution in [-0.4, -0.2) is 67.6 Å². The van der Waals surface area contributed by atoms with Gasteiger partial charge in [0.2, 0.25) is 17.9 Å². The highest BCUT2D eigenvalue weighted by atomic mass is 16.5. The van der Waals surface area contributed by atoms with Gasteiger partial charge in [-0.2, -0.15) is 4.99 Å². The van der Waals surface area contributed by atoms with Crippen LogP contribution < -0.4 is 31.3 Å². The van der Waals surface area contributed by atoms with Crippen LogP contribution in [0.25, 0.3) is 11.1 Å². The highest BCUT2D eigenvalue weighted by Gasteiger charge is 2.30. The largest absolute Gasteiger partial charge is 0.488 e. The van der Waals surface area contributed by atoms with E-state index in [1.54, 1.807) is 12.1 Å². The van der Waals surface area contributed by atoms with Gasteiger partial charge in [0.1, 0.15) is 30.2 Å². The molecule has 0 heterocycles. The molecule has 0 fully saturated rings. The zero-order valence-corrected chi connectivity index (χ0v) is 30.4. The van der Waals surface area contributed by atoms with E-state index in [0.717, 1.165) is 33.4 Å². The van der Waals surface area contributed by atoms with E-state index >= 15 is 0 Å². The lowest BCUT2D eigenvalue weighted by atomic mass is 9.98. The molecular formula is C41H44N6O7. The van der Waals surface area contributed by atoms with E-state index in [9.17, 15) is 24.0 Å². The number of alkyl carbamates (subject to hydrolysis) is 1. The first-order valence-electron chi connectivity index (χ1n) is 17.6. The van der Waals surface area contributed by atoms with E-state index in [1.807, 2.05) is 112 Å². The molecule has 4 aromatic rings. The van der Waals surface area contributed by atoms with E-state index in [-0.39, 0.29) is 32.0 Å². The number of fused-ring (bicyclic) bond motifs is 3. The quantitative estimate of drug-likeness (QED) is 0.0668. The Labute approximate surface area is 313 Å². The van der Waals surface area contributed by atoms with Crippen LogP contribution in [0.4, 0.5) is 9.59 Å². The Kier molecular flexibility index (Phi) is 13.2. The molecule has 0 bridgehead atoms. The normalized spacial score (nSPS) is 12.8. The van der Waals surface area contributed by atoms with Crippen molar-refractivity contribution in [2.45, 2.75) is 57.3 Å². The third kappa shape index (κ3) is 11.3. The lowest BCUT2D eigenvalue weighted by Crippen LogP contribution is -2.52. The van der Waals surface area contributed by atoms with Crippen molar-refractivity contribution in [3.8, 4) is 16.9 Å². The third-order valence-corrected chi connectivity index (χ3v) is 8.47. The summed E-state index contributed by atoms with van der Waals surface area (Å²) in [6.07, 6.45) is 0.202. The monoisotopic (exact) mass is 732 g/mol. The summed E-state index contributed by atoms with van der Waals surface area (Å²) in [6, 6.07) is 30.5. The van der Waals surface area contributed by atoms with Gasteiger partial charge >= 0.3 is 12.1 Å². The highest BCUT2D eigenvalue weighted by molar-refractivity contribution is 5.87. The summed E-state index contributed by atoms with van der Waals surface area (Å²) in [5.41, 5.74) is 5.50. The lowest BCUT2D eigenvalue weighted by Gasteiger charge is -2.22. The molecule has 0 saturated heterocycles. The number of benzene rings is 4. The Balaban J connectivity index is 1.15. The van der Waals surface area contributed by atoms with Crippen molar-refractivity contribution in [3.63, 3.8) is 0 Å². The summed E-state index contributed by atoms with van der Waals surface area (Å²) in [6.45, 7) is 5.17. The first-order valence-corrected chi connectivity index (χ1v) is 17.6. The molecule has 13 heteroatoms. The van der Waals surface area contributed by atoms with Crippen molar-refractivity contribution in [2.75, 3.05) is 19.8 Å². The van der Waals surface area contributed by atoms with Crippen molar-refractivity contribution in [1.82, 2.24) is 26.6 Å². The molecule has 4 aromatic carbocycles. The first-order chi connectivity index (χ1) is 26.0. The predicted octanol–water partition coefficient (Wildman–Crippen LogP) is 4.71. The number of amides is 5. The molecule has 0 unspecified atom stereocenters.